The van der Waals surface area contributed by atoms with Crippen LogP contribution in [0.25, 0.3) is 0 Å². The molecule has 1 aromatic rings. The first-order valence-corrected chi connectivity index (χ1v) is 7.87. The van der Waals surface area contributed by atoms with Gasteiger partial charge in [-0.05, 0) is 18.6 Å². The molecule has 1 unspecified atom stereocenters. The first-order valence-electron chi connectivity index (χ1n) is 6.82. The Hall–Kier alpha value is -0.870. The molecule has 0 bridgehead atoms. The summed E-state index contributed by atoms with van der Waals surface area (Å²) in [6.07, 6.45) is 1.57. The number of carbonyl (C=O) groups excluding carboxylic acids is 1. The van der Waals surface area contributed by atoms with Crippen molar-refractivity contribution >= 4 is 17.5 Å². The number of halogens is 1. The molecule has 2 rings (SSSR count). The van der Waals surface area contributed by atoms with Crippen LogP contribution in [0.1, 0.15) is 30.1 Å². The maximum Gasteiger partial charge on any atom is 0.167 e. The summed E-state index contributed by atoms with van der Waals surface area (Å²) in [6.45, 7) is 5.02. The van der Waals surface area contributed by atoms with Crippen molar-refractivity contribution in [3.05, 3.63) is 35.6 Å². The van der Waals surface area contributed by atoms with Crippen molar-refractivity contribution in [2.45, 2.75) is 25.0 Å². The van der Waals surface area contributed by atoms with E-state index in [1.807, 2.05) is 11.8 Å². The second-order valence-corrected chi connectivity index (χ2v) is 6.26. The molecule has 1 atom stereocenters. The van der Waals surface area contributed by atoms with E-state index < -0.39 is 5.82 Å². The van der Waals surface area contributed by atoms with Gasteiger partial charge < -0.3 is 4.90 Å². The minimum atomic E-state index is -0.409. The first kappa shape index (κ1) is 14.5. The van der Waals surface area contributed by atoms with Crippen LogP contribution < -0.4 is 0 Å². The highest BCUT2D eigenvalue weighted by Gasteiger charge is 2.20. The minimum absolute atomic E-state index is 0.0932. The third kappa shape index (κ3) is 4.05. The fourth-order valence-corrected chi connectivity index (χ4v) is 3.56. The number of benzene rings is 1. The maximum atomic E-state index is 13.5. The van der Waals surface area contributed by atoms with Gasteiger partial charge in [0.05, 0.1) is 5.56 Å². The van der Waals surface area contributed by atoms with Crippen molar-refractivity contribution in [1.29, 1.82) is 0 Å². The molecule has 0 spiro atoms. The van der Waals surface area contributed by atoms with Crippen molar-refractivity contribution in [2.24, 2.45) is 0 Å². The number of ketones is 1. The average molecular weight is 281 g/mol. The molecule has 0 saturated carbocycles. The normalized spacial score (nSPS) is 20.4. The van der Waals surface area contributed by atoms with Gasteiger partial charge in [-0.2, -0.15) is 11.8 Å². The molecular formula is C15H20FNOS. The smallest absolute Gasteiger partial charge is 0.167 e. The van der Waals surface area contributed by atoms with Crippen molar-refractivity contribution in [3.63, 3.8) is 0 Å². The Morgan fingerprint density at radius 2 is 2.26 bits per heavy atom. The summed E-state index contributed by atoms with van der Waals surface area (Å²) in [5.74, 6) is 0.629. The van der Waals surface area contributed by atoms with E-state index in [4.69, 9.17) is 0 Å². The Balaban J connectivity index is 1.85. The summed E-state index contributed by atoms with van der Waals surface area (Å²) in [5.41, 5.74) is 0.223. The molecule has 1 aromatic carbocycles. The van der Waals surface area contributed by atoms with E-state index in [1.165, 1.54) is 12.5 Å². The van der Waals surface area contributed by atoms with Crippen LogP contribution >= 0.6 is 11.8 Å². The summed E-state index contributed by atoms with van der Waals surface area (Å²) in [5, 5.41) is 0.678. The van der Waals surface area contributed by atoms with E-state index in [0.29, 0.717) is 11.7 Å². The molecular weight excluding hydrogens is 261 g/mol. The summed E-state index contributed by atoms with van der Waals surface area (Å²) in [7, 11) is 0. The summed E-state index contributed by atoms with van der Waals surface area (Å²) >= 11 is 2.01. The molecule has 0 aliphatic carbocycles. The second-order valence-electron chi connectivity index (χ2n) is 4.85. The quantitative estimate of drug-likeness (QED) is 0.773. The van der Waals surface area contributed by atoms with Crippen LogP contribution in [0.2, 0.25) is 0 Å². The number of rotatable bonds is 5. The van der Waals surface area contributed by atoms with E-state index in [1.54, 1.807) is 18.2 Å². The Morgan fingerprint density at radius 1 is 1.47 bits per heavy atom. The Morgan fingerprint density at radius 3 is 3.00 bits per heavy atom. The van der Waals surface area contributed by atoms with E-state index in [2.05, 4.69) is 11.8 Å². The summed E-state index contributed by atoms with van der Waals surface area (Å²) in [6, 6.07) is 6.23. The van der Waals surface area contributed by atoms with Gasteiger partial charge in [0, 0.05) is 37.1 Å². The zero-order valence-corrected chi connectivity index (χ0v) is 12.1. The summed E-state index contributed by atoms with van der Waals surface area (Å²) in [4.78, 5) is 14.3. The number of nitrogens with zero attached hydrogens (tertiary/aromatic N) is 1. The number of thioether (sulfide) groups is 1. The lowest BCUT2D eigenvalue weighted by atomic mass is 10.1. The van der Waals surface area contributed by atoms with Crippen molar-refractivity contribution in [2.75, 3.05) is 25.4 Å². The van der Waals surface area contributed by atoms with Crippen LogP contribution in [0.5, 0.6) is 0 Å². The fourth-order valence-electron chi connectivity index (χ4n) is 2.31. The zero-order valence-electron chi connectivity index (χ0n) is 11.3. The number of Topliss-reactive ketones (excluding diaryl/α,β-unsaturated/α-hetero) is 1. The van der Waals surface area contributed by atoms with E-state index >= 15 is 0 Å². The fraction of sp³-hybridized carbons (Fsp3) is 0.533. The predicted octanol–water partition coefficient (Wildman–Crippen LogP) is 3.23. The van der Waals surface area contributed by atoms with Gasteiger partial charge in [-0.1, -0.05) is 19.1 Å². The lowest BCUT2D eigenvalue weighted by Gasteiger charge is -2.31. The Bertz CT molecular complexity index is 438. The van der Waals surface area contributed by atoms with Gasteiger partial charge in [0.1, 0.15) is 5.82 Å². The van der Waals surface area contributed by atoms with Crippen molar-refractivity contribution in [3.8, 4) is 0 Å². The van der Waals surface area contributed by atoms with E-state index in [9.17, 15) is 9.18 Å². The monoisotopic (exact) mass is 281 g/mol. The first-order chi connectivity index (χ1) is 9.20. The highest BCUT2D eigenvalue weighted by molar-refractivity contribution is 8.00. The van der Waals surface area contributed by atoms with Gasteiger partial charge >= 0.3 is 0 Å². The van der Waals surface area contributed by atoms with Crippen molar-refractivity contribution < 1.29 is 9.18 Å². The highest BCUT2D eigenvalue weighted by atomic mass is 32.2. The molecule has 0 aromatic heterocycles. The molecule has 1 aliphatic heterocycles. The number of carbonyl (C=O) groups is 1. The molecule has 1 aliphatic rings. The topological polar surface area (TPSA) is 20.3 Å². The standard InChI is InChI=1S/C15H20FNOS/c1-2-12-11-17(9-10-19-12)8-7-15(18)13-5-3-4-6-14(13)16/h3-6,12H,2,7-11H2,1H3. The van der Waals surface area contributed by atoms with Gasteiger partial charge in [-0.25, -0.2) is 4.39 Å². The number of hydrogen-bond donors (Lipinski definition) is 0. The Labute approximate surface area is 118 Å². The molecule has 19 heavy (non-hydrogen) atoms. The van der Waals surface area contributed by atoms with Crippen LogP contribution in [0.4, 0.5) is 4.39 Å². The average Bonchev–Trinajstić information content (AvgIpc) is 2.45. The van der Waals surface area contributed by atoms with E-state index in [0.717, 1.165) is 25.4 Å². The van der Waals surface area contributed by atoms with E-state index in [-0.39, 0.29) is 11.3 Å². The SMILES string of the molecule is CCC1CN(CCC(=O)c2ccccc2F)CCS1. The molecule has 0 amide bonds. The molecule has 2 nitrogen and oxygen atoms in total. The molecule has 1 heterocycles. The van der Waals surface area contributed by atoms with Crippen molar-refractivity contribution in [1.82, 2.24) is 4.90 Å². The molecule has 0 radical (unpaired) electrons. The molecule has 0 N–H and O–H groups in total. The van der Waals surface area contributed by atoms with Crippen LogP contribution in [-0.2, 0) is 0 Å². The third-order valence-corrected chi connectivity index (χ3v) is 4.88. The van der Waals surface area contributed by atoms with Gasteiger partial charge in [0.2, 0.25) is 0 Å². The van der Waals surface area contributed by atoms with Gasteiger partial charge in [0.25, 0.3) is 0 Å². The zero-order chi connectivity index (χ0) is 13.7. The largest absolute Gasteiger partial charge is 0.301 e. The predicted molar refractivity (Wildman–Crippen MR) is 78.3 cm³/mol. The molecule has 4 heteroatoms. The third-order valence-electron chi connectivity index (χ3n) is 3.51. The maximum absolute atomic E-state index is 13.5. The Kier molecular flexibility index (Phi) is 5.40. The molecule has 104 valence electrons. The number of hydrogen-bond acceptors (Lipinski definition) is 3. The van der Waals surface area contributed by atoms with Crippen LogP contribution in [0, 0.1) is 5.82 Å². The van der Waals surface area contributed by atoms with Gasteiger partial charge in [-0.15, -0.1) is 0 Å². The lowest BCUT2D eigenvalue weighted by molar-refractivity contribution is 0.0961. The molecule has 1 saturated heterocycles. The molecule has 1 fully saturated rings. The minimum Gasteiger partial charge on any atom is -0.301 e. The van der Waals surface area contributed by atoms with Gasteiger partial charge in [0.15, 0.2) is 5.78 Å². The second kappa shape index (κ2) is 7.06. The lowest BCUT2D eigenvalue weighted by Crippen LogP contribution is -2.38. The van der Waals surface area contributed by atoms with Gasteiger partial charge in [-0.3, -0.25) is 4.79 Å². The highest BCUT2D eigenvalue weighted by Crippen LogP contribution is 2.21. The van der Waals surface area contributed by atoms with Crippen LogP contribution in [0.3, 0.4) is 0 Å². The summed E-state index contributed by atoms with van der Waals surface area (Å²) < 4.78 is 13.5. The van der Waals surface area contributed by atoms with Crippen LogP contribution in [-0.4, -0.2) is 41.3 Å². The van der Waals surface area contributed by atoms with Crippen LogP contribution in [0.15, 0.2) is 24.3 Å².